The van der Waals surface area contributed by atoms with Gasteiger partial charge >= 0.3 is 0 Å². The Kier molecular flexibility index (Phi) is 2.95. The van der Waals surface area contributed by atoms with Crippen molar-refractivity contribution in [2.75, 3.05) is 4.72 Å². The van der Waals surface area contributed by atoms with Crippen LogP contribution in [-0.2, 0) is 11.3 Å². The summed E-state index contributed by atoms with van der Waals surface area (Å²) in [5, 5.41) is 0. The minimum absolute atomic E-state index is 0.355. The second-order valence-corrected chi connectivity index (χ2v) is 2.76. The molecule has 4 nitrogen and oxygen atoms in total. The van der Waals surface area contributed by atoms with Gasteiger partial charge in [-0.05, 0) is 12.1 Å². The summed E-state index contributed by atoms with van der Waals surface area (Å²) in [6.45, 7) is 0. The first kappa shape index (κ1) is 8.89. The summed E-state index contributed by atoms with van der Waals surface area (Å²) in [4.78, 5) is 10.4. The van der Waals surface area contributed by atoms with Crippen LogP contribution in [0.15, 0.2) is 24.3 Å². The maximum absolute atomic E-state index is 10.4. The molecule has 0 aromatic heterocycles. The van der Waals surface area contributed by atoms with Crippen LogP contribution in [0.25, 0.3) is 0 Å². The van der Waals surface area contributed by atoms with Crippen molar-refractivity contribution in [1.29, 1.82) is 0 Å². The highest BCUT2D eigenvalue weighted by Crippen LogP contribution is 2.12. The summed E-state index contributed by atoms with van der Waals surface area (Å²) in [7, 11) is 0. The monoisotopic (exact) mass is 185 g/mol. The van der Waals surface area contributed by atoms with Crippen LogP contribution < -0.4 is 4.72 Å². The van der Waals surface area contributed by atoms with Gasteiger partial charge in [-0.2, -0.15) is 0 Å². The van der Waals surface area contributed by atoms with Gasteiger partial charge in [-0.3, -0.25) is 14.1 Å². The van der Waals surface area contributed by atoms with Crippen LogP contribution in [0, 0.1) is 0 Å². The molecule has 0 aliphatic carbocycles. The van der Waals surface area contributed by atoms with Gasteiger partial charge in [0.15, 0.2) is 6.29 Å². The van der Waals surface area contributed by atoms with E-state index in [0.717, 1.165) is 0 Å². The summed E-state index contributed by atoms with van der Waals surface area (Å²) in [5.74, 6) is 0. The van der Waals surface area contributed by atoms with Crippen molar-refractivity contribution in [2.24, 2.45) is 0 Å². The minimum Gasteiger partial charge on any atom is -0.298 e. The van der Waals surface area contributed by atoms with Gasteiger partial charge in [-0.15, -0.1) is 0 Å². The molecule has 0 bridgehead atoms. The van der Waals surface area contributed by atoms with Crippen LogP contribution in [-0.4, -0.2) is 15.0 Å². The number of carbonyl (C=O) groups excluding carboxylic acids is 1. The van der Waals surface area contributed by atoms with Crippen LogP contribution in [0.5, 0.6) is 0 Å². The summed E-state index contributed by atoms with van der Waals surface area (Å²) < 4.78 is 21.0. The van der Waals surface area contributed by atoms with Crippen molar-refractivity contribution >= 4 is 23.2 Å². The van der Waals surface area contributed by atoms with Gasteiger partial charge in [0.25, 0.3) is 11.3 Å². The second kappa shape index (κ2) is 3.99. The first-order chi connectivity index (χ1) is 5.74. The highest BCUT2D eigenvalue weighted by Gasteiger charge is 2.00. The molecule has 0 radical (unpaired) electrons. The fourth-order valence-corrected chi connectivity index (χ4v) is 1.16. The molecule has 5 heteroatoms. The average Bonchev–Trinajstić information content (AvgIpc) is 2.04. The van der Waals surface area contributed by atoms with E-state index in [0.29, 0.717) is 17.5 Å². The van der Waals surface area contributed by atoms with Crippen molar-refractivity contribution < 1.29 is 13.6 Å². The number of rotatable bonds is 3. The third kappa shape index (κ3) is 2.14. The molecule has 0 aliphatic heterocycles. The Balaban J connectivity index is 2.96. The highest BCUT2D eigenvalue weighted by molar-refractivity contribution is 7.80. The van der Waals surface area contributed by atoms with Crippen LogP contribution in [0.3, 0.4) is 0 Å². The largest absolute Gasteiger partial charge is 0.298 e. The minimum atomic E-state index is -2.14. The maximum atomic E-state index is 10.4. The zero-order chi connectivity index (χ0) is 8.97. The standard InChI is InChI=1S/C7H7NO3S/c9-5-6-3-1-2-4-7(6)8-12(10)11/h1-5,8H,(H,10,11). The lowest BCUT2D eigenvalue weighted by atomic mass is 10.2. The molecule has 1 unspecified atom stereocenters. The van der Waals surface area contributed by atoms with Crippen molar-refractivity contribution in [3.05, 3.63) is 29.8 Å². The van der Waals surface area contributed by atoms with E-state index in [4.69, 9.17) is 4.55 Å². The number of nitrogens with one attached hydrogen (secondary N) is 1. The second-order valence-electron chi connectivity index (χ2n) is 2.06. The average molecular weight is 185 g/mol. The predicted octanol–water partition coefficient (Wildman–Crippen LogP) is 1.05. The van der Waals surface area contributed by atoms with Crippen LogP contribution in [0.1, 0.15) is 10.4 Å². The molecule has 0 saturated heterocycles. The number of aldehydes is 1. The highest BCUT2D eigenvalue weighted by atomic mass is 32.2. The van der Waals surface area contributed by atoms with E-state index < -0.39 is 11.3 Å². The molecule has 0 saturated carbocycles. The normalized spacial score (nSPS) is 12.1. The number of hydrogen-bond donors (Lipinski definition) is 2. The molecular formula is C7H7NO3S. The Morgan fingerprint density at radius 1 is 1.42 bits per heavy atom. The Hall–Kier alpha value is -1.20. The molecule has 0 fully saturated rings. The Morgan fingerprint density at radius 3 is 2.67 bits per heavy atom. The number of para-hydroxylation sites is 1. The van der Waals surface area contributed by atoms with E-state index in [9.17, 15) is 9.00 Å². The van der Waals surface area contributed by atoms with Crippen molar-refractivity contribution in [3.8, 4) is 0 Å². The fourth-order valence-electron chi connectivity index (χ4n) is 0.787. The van der Waals surface area contributed by atoms with Crippen LogP contribution in [0.2, 0.25) is 0 Å². The van der Waals surface area contributed by atoms with Gasteiger partial charge in [-0.1, -0.05) is 12.1 Å². The zero-order valence-electron chi connectivity index (χ0n) is 6.06. The lowest BCUT2D eigenvalue weighted by molar-refractivity contribution is 0.112. The molecule has 1 rings (SSSR count). The Bertz CT molecular complexity index is 313. The third-order valence-corrected chi connectivity index (χ3v) is 1.68. The molecule has 12 heavy (non-hydrogen) atoms. The van der Waals surface area contributed by atoms with Gasteiger partial charge < -0.3 is 0 Å². The van der Waals surface area contributed by atoms with Crippen LogP contribution in [0.4, 0.5) is 5.69 Å². The van der Waals surface area contributed by atoms with Gasteiger partial charge in [0.05, 0.1) is 5.69 Å². The molecule has 0 amide bonds. The van der Waals surface area contributed by atoms with E-state index >= 15 is 0 Å². The van der Waals surface area contributed by atoms with Gasteiger partial charge in [-0.25, -0.2) is 4.21 Å². The molecule has 64 valence electrons. The van der Waals surface area contributed by atoms with Gasteiger partial charge in [0.2, 0.25) is 0 Å². The lowest BCUT2D eigenvalue weighted by Gasteiger charge is -2.02. The number of hydrogen-bond acceptors (Lipinski definition) is 2. The summed E-state index contributed by atoms with van der Waals surface area (Å²) >= 11 is -2.14. The van der Waals surface area contributed by atoms with Gasteiger partial charge in [0.1, 0.15) is 0 Å². The van der Waals surface area contributed by atoms with Crippen molar-refractivity contribution in [2.45, 2.75) is 0 Å². The van der Waals surface area contributed by atoms with Crippen LogP contribution >= 0.6 is 0 Å². The molecule has 0 spiro atoms. The number of benzene rings is 1. The molecule has 1 aromatic carbocycles. The van der Waals surface area contributed by atoms with E-state index in [2.05, 4.69) is 4.72 Å². The smallest absolute Gasteiger partial charge is 0.259 e. The number of anilines is 1. The first-order valence-corrected chi connectivity index (χ1v) is 4.26. The topological polar surface area (TPSA) is 66.4 Å². The molecular weight excluding hydrogens is 178 g/mol. The first-order valence-electron chi connectivity index (χ1n) is 3.16. The Labute approximate surface area is 72.0 Å². The Morgan fingerprint density at radius 2 is 2.08 bits per heavy atom. The van der Waals surface area contributed by atoms with E-state index in [1.807, 2.05) is 0 Å². The van der Waals surface area contributed by atoms with Gasteiger partial charge in [0, 0.05) is 5.56 Å². The lowest BCUT2D eigenvalue weighted by Crippen LogP contribution is -2.03. The quantitative estimate of drug-likeness (QED) is 0.546. The number of carbonyl (C=O) groups is 1. The maximum Gasteiger partial charge on any atom is 0.259 e. The van der Waals surface area contributed by atoms with E-state index in [1.165, 1.54) is 0 Å². The molecule has 0 aliphatic rings. The van der Waals surface area contributed by atoms with Crippen molar-refractivity contribution in [3.63, 3.8) is 0 Å². The molecule has 0 heterocycles. The van der Waals surface area contributed by atoms with E-state index in [1.54, 1.807) is 24.3 Å². The fraction of sp³-hybridized carbons (Fsp3) is 0. The zero-order valence-corrected chi connectivity index (χ0v) is 6.88. The molecule has 1 atom stereocenters. The molecule has 2 N–H and O–H groups in total. The van der Waals surface area contributed by atoms with Crippen molar-refractivity contribution in [1.82, 2.24) is 0 Å². The summed E-state index contributed by atoms with van der Waals surface area (Å²) in [5.41, 5.74) is 0.716. The molecule has 1 aromatic rings. The predicted molar refractivity (Wildman–Crippen MR) is 46.2 cm³/mol. The third-order valence-electron chi connectivity index (χ3n) is 1.29. The SMILES string of the molecule is O=Cc1ccccc1NS(=O)O. The summed E-state index contributed by atoms with van der Waals surface area (Å²) in [6, 6.07) is 6.46. The van der Waals surface area contributed by atoms with E-state index in [-0.39, 0.29) is 0 Å². The summed E-state index contributed by atoms with van der Waals surface area (Å²) in [6.07, 6.45) is 0.620.